The normalized spacial score (nSPS) is 11.8. The zero-order chi connectivity index (χ0) is 36.6. The molecule has 0 radical (unpaired) electrons. The highest BCUT2D eigenvalue weighted by Crippen LogP contribution is 2.48. The predicted molar refractivity (Wildman–Crippen MR) is 225 cm³/mol. The maximum absolute atomic E-state index is 15.5. The minimum absolute atomic E-state index is 0.0119. The van der Waals surface area contributed by atoms with Crippen LogP contribution in [0.4, 0.5) is 8.78 Å². The second-order valence-corrected chi connectivity index (χ2v) is 14.1. The van der Waals surface area contributed by atoms with Gasteiger partial charge in [-0.25, -0.2) is 8.78 Å². The van der Waals surface area contributed by atoms with Crippen LogP contribution < -0.4 is 0 Å². The highest BCUT2D eigenvalue weighted by molar-refractivity contribution is 6.25. The molecule has 1 nitrogen and oxygen atoms in total. The highest BCUT2D eigenvalue weighted by atomic mass is 19.1. The lowest BCUT2D eigenvalue weighted by atomic mass is 9.85. The van der Waals surface area contributed by atoms with E-state index in [1.165, 1.54) is 40.1 Å². The van der Waals surface area contributed by atoms with Gasteiger partial charge in [0.1, 0.15) is 22.8 Å². The maximum atomic E-state index is 15.5. The van der Waals surface area contributed by atoms with Crippen molar-refractivity contribution in [3.05, 3.63) is 194 Å². The molecule has 0 fully saturated rings. The van der Waals surface area contributed by atoms with Crippen LogP contribution in [0.5, 0.6) is 0 Å². The van der Waals surface area contributed by atoms with E-state index in [1.807, 2.05) is 48.5 Å². The Balaban J connectivity index is 1.18. The average Bonchev–Trinajstić information content (AvgIpc) is 3.61. The van der Waals surface area contributed by atoms with Gasteiger partial charge in [0.05, 0.1) is 5.56 Å². The van der Waals surface area contributed by atoms with Crippen molar-refractivity contribution in [1.29, 1.82) is 0 Å². The van der Waals surface area contributed by atoms with Gasteiger partial charge in [-0.15, -0.1) is 0 Å². The largest absolute Gasteiger partial charge is 0.455 e. The van der Waals surface area contributed by atoms with Gasteiger partial charge in [-0.05, 0) is 89.6 Å². The second-order valence-electron chi connectivity index (χ2n) is 14.1. The van der Waals surface area contributed by atoms with Gasteiger partial charge in [0.2, 0.25) is 0 Å². The lowest BCUT2D eigenvalue weighted by Gasteiger charge is -2.18. The van der Waals surface area contributed by atoms with E-state index in [1.54, 1.807) is 0 Å². The zero-order valence-electron chi connectivity index (χ0n) is 29.5. The fourth-order valence-corrected chi connectivity index (χ4v) is 8.93. The Labute approximate surface area is 315 Å². The SMILES string of the molecule is Fc1cccc(F)c1-c1c2ccccc2c(-c2ccc3oc4c(-c5c6ccccc6c(-c6ccccc6)c6ccccc56)cccc4c3c2)c2ccccc12. The number of hydrogen-bond acceptors (Lipinski definition) is 1. The third-order valence-electron chi connectivity index (χ3n) is 11.2. The van der Waals surface area contributed by atoms with E-state index in [0.717, 1.165) is 76.5 Å². The molecule has 0 N–H and O–H groups in total. The van der Waals surface area contributed by atoms with Crippen molar-refractivity contribution in [1.82, 2.24) is 0 Å². The van der Waals surface area contributed by atoms with Crippen LogP contribution in [0.1, 0.15) is 0 Å². The maximum Gasteiger partial charge on any atom is 0.143 e. The van der Waals surface area contributed by atoms with Gasteiger partial charge in [-0.1, -0.05) is 158 Å². The van der Waals surface area contributed by atoms with Gasteiger partial charge in [0.25, 0.3) is 0 Å². The number of para-hydroxylation sites is 1. The molecule has 0 saturated heterocycles. The van der Waals surface area contributed by atoms with Crippen LogP contribution in [0.25, 0.3) is 110 Å². The summed E-state index contributed by atoms with van der Waals surface area (Å²) in [6.45, 7) is 0. The molecule has 0 bridgehead atoms. The summed E-state index contributed by atoms with van der Waals surface area (Å²) in [4.78, 5) is 0. The van der Waals surface area contributed by atoms with E-state index in [4.69, 9.17) is 4.42 Å². The average molecular weight is 709 g/mol. The molecule has 0 aliphatic carbocycles. The fourth-order valence-electron chi connectivity index (χ4n) is 8.93. The third-order valence-corrected chi connectivity index (χ3v) is 11.2. The Bertz CT molecular complexity index is 3210. The molecule has 0 aliphatic rings. The molecule has 0 spiro atoms. The van der Waals surface area contributed by atoms with Crippen molar-refractivity contribution < 1.29 is 13.2 Å². The summed E-state index contributed by atoms with van der Waals surface area (Å²) < 4.78 is 37.8. The Morgan fingerprint density at radius 2 is 0.727 bits per heavy atom. The Morgan fingerprint density at radius 3 is 1.27 bits per heavy atom. The lowest BCUT2D eigenvalue weighted by molar-refractivity contribution is 0.590. The molecule has 10 aromatic carbocycles. The fraction of sp³-hybridized carbons (Fsp3) is 0. The van der Waals surface area contributed by atoms with E-state index in [-0.39, 0.29) is 5.56 Å². The van der Waals surface area contributed by atoms with Crippen molar-refractivity contribution in [3.63, 3.8) is 0 Å². The number of rotatable bonds is 4. The Kier molecular flexibility index (Phi) is 6.99. The first-order valence-corrected chi connectivity index (χ1v) is 18.5. The van der Waals surface area contributed by atoms with Crippen LogP contribution in [0.2, 0.25) is 0 Å². The molecule has 258 valence electrons. The molecule has 0 atom stereocenters. The summed E-state index contributed by atoms with van der Waals surface area (Å²) in [5, 5.41) is 10.2. The van der Waals surface area contributed by atoms with Crippen LogP contribution in [0.15, 0.2) is 186 Å². The first kappa shape index (κ1) is 31.4. The molecule has 0 amide bonds. The van der Waals surface area contributed by atoms with Gasteiger partial charge >= 0.3 is 0 Å². The number of halogens is 2. The van der Waals surface area contributed by atoms with E-state index in [9.17, 15) is 0 Å². The molecule has 55 heavy (non-hydrogen) atoms. The van der Waals surface area contributed by atoms with Gasteiger partial charge in [0.15, 0.2) is 0 Å². The molecular weight excluding hydrogens is 679 g/mol. The van der Waals surface area contributed by atoms with Crippen molar-refractivity contribution >= 4 is 65.0 Å². The molecule has 0 unspecified atom stereocenters. The number of fused-ring (bicyclic) bond motifs is 7. The lowest BCUT2D eigenvalue weighted by Crippen LogP contribution is -1.95. The molecule has 0 aliphatic heterocycles. The third kappa shape index (κ3) is 4.70. The number of benzene rings is 10. The summed E-state index contributed by atoms with van der Waals surface area (Å²) in [5.74, 6) is -1.17. The van der Waals surface area contributed by atoms with Crippen LogP contribution in [0.3, 0.4) is 0 Å². The standard InChI is InChI=1S/C52H30F2O/c53-44-26-13-27-45(54)51(44)50-39-22-10-6-18-35(39)48(36-19-7-11-23-40(36)50)32-28-29-46-43(30-32)41-24-12-25-42(52(41)55-46)49-37-20-8-4-16-33(37)47(31-14-2-1-3-15-31)34-17-5-9-21-38(34)49/h1-30H. The van der Waals surface area contributed by atoms with Crippen LogP contribution >= 0.6 is 0 Å². The molecule has 1 heterocycles. The minimum Gasteiger partial charge on any atom is -0.455 e. The van der Waals surface area contributed by atoms with E-state index in [2.05, 4.69) is 115 Å². The second kappa shape index (κ2) is 12.2. The monoisotopic (exact) mass is 708 g/mol. The first-order valence-electron chi connectivity index (χ1n) is 18.5. The summed E-state index contributed by atoms with van der Waals surface area (Å²) in [6.07, 6.45) is 0. The molecule has 1 aromatic heterocycles. The van der Waals surface area contributed by atoms with Crippen LogP contribution in [0, 0.1) is 11.6 Å². The van der Waals surface area contributed by atoms with Crippen LogP contribution in [-0.4, -0.2) is 0 Å². The van der Waals surface area contributed by atoms with Crippen molar-refractivity contribution in [2.45, 2.75) is 0 Å². The summed E-state index contributed by atoms with van der Waals surface area (Å²) in [6, 6.07) is 60.6. The predicted octanol–water partition coefficient (Wildman–Crippen LogP) is 15.1. The summed E-state index contributed by atoms with van der Waals surface area (Å²) in [5.41, 5.74) is 8.76. The Hall–Kier alpha value is -7.10. The van der Waals surface area contributed by atoms with Gasteiger partial charge in [-0.3, -0.25) is 0 Å². The topological polar surface area (TPSA) is 13.1 Å². The van der Waals surface area contributed by atoms with Crippen molar-refractivity contribution in [2.24, 2.45) is 0 Å². The van der Waals surface area contributed by atoms with Gasteiger partial charge < -0.3 is 4.42 Å². The summed E-state index contributed by atoms with van der Waals surface area (Å²) >= 11 is 0. The number of furan rings is 1. The van der Waals surface area contributed by atoms with E-state index < -0.39 is 11.6 Å². The highest BCUT2D eigenvalue weighted by Gasteiger charge is 2.23. The summed E-state index contributed by atoms with van der Waals surface area (Å²) in [7, 11) is 0. The molecule has 0 saturated carbocycles. The van der Waals surface area contributed by atoms with Gasteiger partial charge in [0, 0.05) is 27.5 Å². The molecule has 3 heteroatoms. The van der Waals surface area contributed by atoms with E-state index >= 15 is 8.78 Å². The van der Waals surface area contributed by atoms with E-state index in [0.29, 0.717) is 5.56 Å². The Morgan fingerprint density at radius 1 is 0.291 bits per heavy atom. The van der Waals surface area contributed by atoms with Gasteiger partial charge in [-0.2, -0.15) is 0 Å². The molecular formula is C52H30F2O. The molecule has 11 aromatic rings. The zero-order valence-corrected chi connectivity index (χ0v) is 29.5. The number of hydrogen-bond donors (Lipinski definition) is 0. The van der Waals surface area contributed by atoms with Crippen molar-refractivity contribution in [3.8, 4) is 44.5 Å². The quantitative estimate of drug-likeness (QED) is 0.166. The van der Waals surface area contributed by atoms with Crippen molar-refractivity contribution in [2.75, 3.05) is 0 Å². The minimum atomic E-state index is -0.583. The molecule has 11 rings (SSSR count). The smallest absolute Gasteiger partial charge is 0.143 e. The first-order chi connectivity index (χ1) is 27.2. The van der Waals surface area contributed by atoms with Crippen LogP contribution in [-0.2, 0) is 0 Å².